The molecular formula is C108H92N5O16-. The Hall–Kier alpha value is -15.9. The fourth-order valence-corrected chi connectivity index (χ4v) is 15.6. The molecule has 11 aromatic carbocycles. The Morgan fingerprint density at radius 2 is 0.907 bits per heavy atom. The number of hydrogen-bond acceptors (Lipinski definition) is 17. The number of hydrogen-bond donors (Lipinski definition) is 2. The van der Waals surface area contributed by atoms with Crippen LogP contribution in [0.2, 0.25) is 0 Å². The van der Waals surface area contributed by atoms with Crippen LogP contribution in [-0.2, 0) is 70.0 Å². The molecule has 0 fully saturated rings. The van der Waals surface area contributed by atoms with E-state index in [0.29, 0.717) is 92.6 Å². The molecule has 1 unspecified atom stereocenters. The van der Waals surface area contributed by atoms with Crippen LogP contribution in [0, 0.1) is 35.5 Å². The number of nitrogens with two attached hydrogens (primary N) is 1. The summed E-state index contributed by atoms with van der Waals surface area (Å²) in [5.74, 6) is 18.3. The number of esters is 2. The molecule has 6 heterocycles. The maximum Gasteiger partial charge on any atom is 0.340 e. The van der Waals surface area contributed by atoms with E-state index >= 15 is 0 Å². The molecule has 0 saturated carbocycles. The molecule has 21 nitrogen and oxygen atoms in total. The highest BCUT2D eigenvalue weighted by Crippen LogP contribution is 2.57. The summed E-state index contributed by atoms with van der Waals surface area (Å²) in [5, 5.41) is 21.8. The maximum atomic E-state index is 12.8. The van der Waals surface area contributed by atoms with Gasteiger partial charge in [-0.1, -0.05) is 208 Å². The number of ether oxygens (including phenoxy) is 3. The second-order valence-corrected chi connectivity index (χ2v) is 30.8. The van der Waals surface area contributed by atoms with Crippen LogP contribution in [0.3, 0.4) is 0 Å². The molecule has 1 spiro atoms. The Kier molecular flexibility index (Phi) is 29.4. The van der Waals surface area contributed by atoms with E-state index in [0.717, 1.165) is 72.7 Å². The van der Waals surface area contributed by atoms with E-state index in [-0.39, 0.29) is 90.5 Å². The fraction of sp³-hybridized carbons (Fsp3) is 0.185. The number of carboxylic acids is 1. The highest BCUT2D eigenvalue weighted by molar-refractivity contribution is 6.08. The molecule has 3 amide bonds. The second kappa shape index (κ2) is 41.8. The lowest BCUT2D eigenvalue weighted by molar-refractivity contribution is -0.268. The van der Waals surface area contributed by atoms with E-state index in [2.05, 4.69) is 61.2 Å². The van der Waals surface area contributed by atoms with Crippen molar-refractivity contribution in [3.05, 3.63) is 361 Å². The van der Waals surface area contributed by atoms with E-state index in [9.17, 15) is 58.2 Å². The molecule has 6 aliphatic heterocycles. The van der Waals surface area contributed by atoms with Gasteiger partial charge in [-0.3, -0.25) is 28.8 Å². The first-order chi connectivity index (χ1) is 62.4. The standard InChI is InChI=1S/C25H18O6.2C20H17NO2.C20H12O5.C17H14N2O.C6H15N/c1-14(26)11-16-7-9-20-22(12-16)30-23-13-17(29-15(2)27)8-10-21(23)25(20)19-6-4-3-5-18(19)24(28)31-25;2*1-15(22)10-13-20(23)21-14-18-8-3-2-6-16(18)11-12-17-7-4-5-9-19(17)21;21-11-5-7-15-17(9-11)25-18-10-12(22)6-8-16(18)19(15)13-3-1-2-4-14(13)20(23)24;18-11-17(20)19-12-15-7-2-1-5-13(15)9-10-14-6-3-4-8-16(14)19;1-4-7(5-2)6-3/h3-10,12-13H,11H2,1-2H3;2*2-9H,10,13-14H2,1H3;1-10,21H,(H,23,24);1-8H,11-12,18H2;4-6H2,1-3H3/p-1. The largest absolute Gasteiger partial charge is 0.872 e. The van der Waals surface area contributed by atoms with E-state index < -0.39 is 23.5 Å². The number of carbonyl (C=O) groups excluding carboxylic acids is 8. The molecule has 3 N–H and O–H groups in total. The van der Waals surface area contributed by atoms with Gasteiger partial charge in [0.15, 0.2) is 11.0 Å². The van der Waals surface area contributed by atoms with E-state index in [4.69, 9.17) is 24.4 Å². The fourth-order valence-electron chi connectivity index (χ4n) is 15.6. The van der Waals surface area contributed by atoms with Gasteiger partial charge in [0, 0.05) is 118 Å². The molecular weight excluding hydrogens is 1620 g/mol. The number of anilines is 3. The average Bonchev–Trinajstić information content (AvgIpc) is 1.57. The topological polar surface area (TPSA) is 294 Å². The van der Waals surface area contributed by atoms with Crippen LogP contribution in [0.15, 0.2) is 276 Å². The van der Waals surface area contributed by atoms with E-state index in [1.54, 1.807) is 81.4 Å². The van der Waals surface area contributed by atoms with Crippen LogP contribution in [0.4, 0.5) is 17.1 Å². The average molecular weight is 1720 g/mol. The highest BCUT2D eigenvalue weighted by atomic mass is 16.6. The number of rotatable bonds is 15. The molecule has 1 atom stereocenters. The zero-order chi connectivity index (χ0) is 91.4. The first-order valence-electron chi connectivity index (χ1n) is 42.2. The number of amides is 3. The van der Waals surface area contributed by atoms with Crippen LogP contribution in [0.25, 0.3) is 33.4 Å². The van der Waals surface area contributed by atoms with Crippen LogP contribution < -0.4 is 40.4 Å². The van der Waals surface area contributed by atoms with Gasteiger partial charge < -0.3 is 63.8 Å². The van der Waals surface area contributed by atoms with Gasteiger partial charge in [-0.15, -0.1) is 5.75 Å². The number of benzene rings is 12. The minimum atomic E-state index is -1.19. The lowest BCUT2D eigenvalue weighted by Gasteiger charge is -2.36. The van der Waals surface area contributed by atoms with Crippen molar-refractivity contribution < 1.29 is 72.0 Å². The smallest absolute Gasteiger partial charge is 0.340 e. The monoisotopic (exact) mass is 1710 g/mol. The summed E-state index contributed by atoms with van der Waals surface area (Å²) in [4.78, 5) is 127. The van der Waals surface area contributed by atoms with Gasteiger partial charge in [-0.05, 0) is 171 Å². The van der Waals surface area contributed by atoms with Crippen molar-refractivity contribution in [1.29, 1.82) is 0 Å². The summed E-state index contributed by atoms with van der Waals surface area (Å²) in [7, 11) is 0. The molecule has 1 aliphatic carbocycles. The molecule has 7 aliphatic rings. The first kappa shape index (κ1) is 90.9. The predicted molar refractivity (Wildman–Crippen MR) is 494 cm³/mol. The maximum absolute atomic E-state index is 12.8. The summed E-state index contributed by atoms with van der Waals surface area (Å²) in [6.45, 7) is 17.4. The van der Waals surface area contributed by atoms with Gasteiger partial charge in [0.05, 0.1) is 54.4 Å². The molecule has 0 bridgehead atoms. The molecule has 646 valence electrons. The molecule has 0 radical (unpaired) electrons. The van der Waals surface area contributed by atoms with Crippen LogP contribution >= 0.6 is 0 Å². The normalized spacial score (nSPS) is 13.2. The van der Waals surface area contributed by atoms with E-state index in [1.807, 2.05) is 170 Å². The van der Waals surface area contributed by atoms with Crippen molar-refractivity contribution >= 4 is 81.0 Å². The summed E-state index contributed by atoms with van der Waals surface area (Å²) in [5.41, 5.74) is 20.4. The number of ketones is 3. The van der Waals surface area contributed by atoms with Gasteiger partial charge in [-0.25, -0.2) is 9.59 Å². The first-order valence-corrected chi connectivity index (χ1v) is 42.2. The molecule has 21 heteroatoms. The van der Waals surface area contributed by atoms with Crippen molar-refractivity contribution in [1.82, 2.24) is 4.90 Å². The Balaban J connectivity index is 0.000000136. The van der Waals surface area contributed by atoms with Crippen molar-refractivity contribution in [2.45, 2.75) is 106 Å². The summed E-state index contributed by atoms with van der Waals surface area (Å²) in [6, 6.07) is 79.6. The summed E-state index contributed by atoms with van der Waals surface area (Å²) in [6.07, 6.45) is 1.24. The molecule has 129 heavy (non-hydrogen) atoms. The van der Waals surface area contributed by atoms with Crippen LogP contribution in [0.5, 0.6) is 23.0 Å². The third kappa shape index (κ3) is 21.4. The van der Waals surface area contributed by atoms with Crippen molar-refractivity contribution in [2.24, 2.45) is 5.73 Å². The number of aromatic carboxylic acids is 1. The van der Waals surface area contributed by atoms with Crippen molar-refractivity contribution in [3.63, 3.8) is 0 Å². The van der Waals surface area contributed by atoms with Gasteiger partial charge in [-0.2, -0.15) is 0 Å². The minimum absolute atomic E-state index is 0.00999. The number of carbonyl (C=O) groups is 9. The number of fused-ring (bicyclic) bond motifs is 14. The third-order valence-corrected chi connectivity index (χ3v) is 22.0. The zero-order valence-corrected chi connectivity index (χ0v) is 72.3. The van der Waals surface area contributed by atoms with Gasteiger partial charge in [0.2, 0.25) is 17.7 Å². The molecule has 11 aromatic rings. The third-order valence-electron chi connectivity index (χ3n) is 22.0. The number of para-hydroxylation sites is 3. The lowest BCUT2D eigenvalue weighted by Crippen LogP contribution is -2.36. The SMILES string of the molecule is CC(=O)CCC(=O)N1Cc2ccccc2C#Cc2ccccc21.CC(=O)CCC(=O)N1Cc2ccccc2C#Cc2ccccc21.CC(=O)Cc1ccc2c(c1)Oc1cc(OC(C)=O)ccc1C21OC(=O)c2ccccc21.CCN(CC)CC.NCC(=O)N1Cc2ccccc2C#Cc2ccccc21.O=C(O)c1ccccc1-c1c2ccc(=O)cc-2oc2cc([O-])ccc12. The molecule has 0 saturated heterocycles. The summed E-state index contributed by atoms with van der Waals surface area (Å²) < 4.78 is 23.2. The summed E-state index contributed by atoms with van der Waals surface area (Å²) >= 11 is 0. The lowest BCUT2D eigenvalue weighted by atomic mass is 9.77. The van der Waals surface area contributed by atoms with Gasteiger partial charge in [0.1, 0.15) is 45.9 Å². The Morgan fingerprint density at radius 1 is 0.457 bits per heavy atom. The zero-order valence-electron chi connectivity index (χ0n) is 72.3. The van der Waals surface area contributed by atoms with E-state index in [1.165, 1.54) is 77.7 Å². The number of Topliss-reactive ketones (excluding diaryl/α,β-unsaturated/α-hetero) is 3. The Morgan fingerprint density at radius 3 is 1.39 bits per heavy atom. The van der Waals surface area contributed by atoms with Crippen molar-refractivity contribution in [3.8, 4) is 81.0 Å². The predicted octanol–water partition coefficient (Wildman–Crippen LogP) is 17.5. The Bertz CT molecular complexity index is 6550. The number of nitrogens with zero attached hydrogens (tertiary/aromatic N) is 4. The van der Waals surface area contributed by atoms with Crippen LogP contribution in [-0.4, -0.2) is 89.2 Å². The quantitative estimate of drug-likeness (QED) is 0.0417. The van der Waals surface area contributed by atoms with Crippen molar-refractivity contribution in [2.75, 3.05) is 40.9 Å². The Labute approximate surface area is 747 Å². The highest BCUT2D eigenvalue weighted by Gasteiger charge is 2.53. The van der Waals surface area contributed by atoms with Gasteiger partial charge >= 0.3 is 17.9 Å². The van der Waals surface area contributed by atoms with Gasteiger partial charge in [0.25, 0.3) is 0 Å². The molecule has 18 rings (SSSR count). The molecule has 0 aromatic heterocycles. The van der Waals surface area contributed by atoms with Crippen LogP contribution in [0.1, 0.15) is 167 Å². The second-order valence-electron chi connectivity index (χ2n) is 30.8. The minimum Gasteiger partial charge on any atom is -0.872 e. The number of carboxylic acid groups (broad SMARTS) is 1.